The van der Waals surface area contributed by atoms with Gasteiger partial charge in [0.1, 0.15) is 5.75 Å². The van der Waals surface area contributed by atoms with Gasteiger partial charge >= 0.3 is 6.18 Å². The lowest BCUT2D eigenvalue weighted by Gasteiger charge is -2.23. The van der Waals surface area contributed by atoms with Crippen molar-refractivity contribution in [2.45, 2.75) is 19.1 Å². The van der Waals surface area contributed by atoms with Gasteiger partial charge in [-0.2, -0.15) is 13.2 Å². The Kier molecular flexibility index (Phi) is 6.11. The number of nitrogens with zero attached hydrogens (tertiary/aromatic N) is 1. The van der Waals surface area contributed by atoms with E-state index >= 15 is 0 Å². The fourth-order valence-corrected chi connectivity index (χ4v) is 1.75. The van der Waals surface area contributed by atoms with E-state index in [0.29, 0.717) is 12.2 Å². The fourth-order valence-electron chi connectivity index (χ4n) is 1.75. The van der Waals surface area contributed by atoms with Crippen molar-refractivity contribution >= 4 is 0 Å². The maximum Gasteiger partial charge on any atom is 0.401 e. The van der Waals surface area contributed by atoms with Crippen LogP contribution in [0.15, 0.2) is 24.3 Å². The van der Waals surface area contributed by atoms with E-state index in [4.69, 9.17) is 9.84 Å². The standard InChI is InChI=1S/C13H18F3NO2/c1-19-12-5-3-11(4-6-12)9-17(7-2-8-18)10-13(14,15)16/h3-6,18H,2,7-10H2,1H3. The van der Waals surface area contributed by atoms with Crippen molar-refractivity contribution in [3.63, 3.8) is 0 Å². The summed E-state index contributed by atoms with van der Waals surface area (Å²) in [6, 6.07) is 6.91. The maximum atomic E-state index is 12.4. The summed E-state index contributed by atoms with van der Waals surface area (Å²) in [6.45, 7) is -0.679. The van der Waals surface area contributed by atoms with Crippen LogP contribution >= 0.6 is 0 Å². The molecule has 3 nitrogen and oxygen atoms in total. The van der Waals surface area contributed by atoms with Gasteiger partial charge in [0, 0.05) is 19.7 Å². The molecule has 19 heavy (non-hydrogen) atoms. The first-order valence-corrected chi connectivity index (χ1v) is 5.97. The number of ether oxygens (including phenoxy) is 1. The van der Waals surface area contributed by atoms with E-state index in [1.165, 1.54) is 12.0 Å². The number of aliphatic hydroxyl groups is 1. The van der Waals surface area contributed by atoms with Gasteiger partial charge in [0.25, 0.3) is 0 Å². The zero-order valence-electron chi connectivity index (χ0n) is 10.8. The number of alkyl halides is 3. The minimum absolute atomic E-state index is 0.114. The highest BCUT2D eigenvalue weighted by Gasteiger charge is 2.30. The van der Waals surface area contributed by atoms with E-state index in [1.54, 1.807) is 24.3 Å². The number of rotatable bonds is 7. The predicted molar refractivity (Wildman–Crippen MR) is 66.0 cm³/mol. The average molecular weight is 277 g/mol. The van der Waals surface area contributed by atoms with Crippen LogP contribution in [0.1, 0.15) is 12.0 Å². The Morgan fingerprint density at radius 3 is 2.32 bits per heavy atom. The monoisotopic (exact) mass is 277 g/mol. The lowest BCUT2D eigenvalue weighted by Crippen LogP contribution is -2.34. The molecule has 0 aromatic heterocycles. The Bertz CT molecular complexity index is 365. The molecule has 6 heteroatoms. The SMILES string of the molecule is COc1ccc(CN(CCCO)CC(F)(F)F)cc1. The Morgan fingerprint density at radius 1 is 1.21 bits per heavy atom. The van der Waals surface area contributed by atoms with E-state index in [-0.39, 0.29) is 19.7 Å². The van der Waals surface area contributed by atoms with Crippen LogP contribution in [0.25, 0.3) is 0 Å². The second-order valence-corrected chi connectivity index (χ2v) is 4.25. The van der Waals surface area contributed by atoms with Gasteiger partial charge in [0.2, 0.25) is 0 Å². The molecular formula is C13H18F3NO2. The van der Waals surface area contributed by atoms with Crippen LogP contribution in [0, 0.1) is 0 Å². The summed E-state index contributed by atoms with van der Waals surface area (Å²) in [5.74, 6) is 0.668. The molecule has 0 spiro atoms. The van der Waals surface area contributed by atoms with Crippen LogP contribution in [0.4, 0.5) is 13.2 Å². The molecule has 0 unspecified atom stereocenters. The summed E-state index contributed by atoms with van der Waals surface area (Å²) in [7, 11) is 1.53. The van der Waals surface area contributed by atoms with Gasteiger partial charge in [-0.3, -0.25) is 4.90 Å². The normalized spacial score (nSPS) is 11.9. The number of benzene rings is 1. The molecule has 0 radical (unpaired) electrons. The summed E-state index contributed by atoms with van der Waals surface area (Å²) < 4.78 is 42.3. The molecule has 0 amide bonds. The Labute approximate surface area is 110 Å². The van der Waals surface area contributed by atoms with Crippen molar-refractivity contribution in [1.29, 1.82) is 0 Å². The molecule has 0 bridgehead atoms. The van der Waals surface area contributed by atoms with E-state index < -0.39 is 12.7 Å². The summed E-state index contributed by atoms with van der Waals surface area (Å²) in [4.78, 5) is 1.28. The third kappa shape index (κ3) is 6.45. The van der Waals surface area contributed by atoms with Crippen LogP contribution in [-0.4, -0.2) is 43.0 Å². The first-order chi connectivity index (χ1) is 8.94. The van der Waals surface area contributed by atoms with Crippen LogP contribution in [-0.2, 0) is 6.54 Å². The third-order valence-corrected chi connectivity index (χ3v) is 2.60. The van der Waals surface area contributed by atoms with Gasteiger partial charge in [-0.1, -0.05) is 12.1 Å². The van der Waals surface area contributed by atoms with Crippen molar-refractivity contribution in [1.82, 2.24) is 4.90 Å². The highest BCUT2D eigenvalue weighted by Crippen LogP contribution is 2.19. The van der Waals surface area contributed by atoms with E-state index in [2.05, 4.69) is 0 Å². The molecule has 0 aliphatic rings. The van der Waals surface area contributed by atoms with Gasteiger partial charge in [-0.05, 0) is 24.1 Å². The van der Waals surface area contributed by atoms with Crippen molar-refractivity contribution in [3.05, 3.63) is 29.8 Å². The summed E-state index contributed by atoms with van der Waals surface area (Å²) in [5.41, 5.74) is 0.781. The topological polar surface area (TPSA) is 32.7 Å². The highest BCUT2D eigenvalue weighted by molar-refractivity contribution is 5.27. The number of hydrogen-bond donors (Lipinski definition) is 1. The van der Waals surface area contributed by atoms with Gasteiger partial charge in [0.15, 0.2) is 0 Å². The molecule has 1 rings (SSSR count). The van der Waals surface area contributed by atoms with Gasteiger partial charge < -0.3 is 9.84 Å². The molecule has 0 heterocycles. The van der Waals surface area contributed by atoms with Crippen molar-refractivity contribution < 1.29 is 23.0 Å². The third-order valence-electron chi connectivity index (χ3n) is 2.60. The number of halogens is 3. The smallest absolute Gasteiger partial charge is 0.401 e. The van der Waals surface area contributed by atoms with E-state index in [9.17, 15) is 13.2 Å². The first-order valence-electron chi connectivity index (χ1n) is 5.97. The molecule has 0 fully saturated rings. The molecular weight excluding hydrogens is 259 g/mol. The zero-order chi connectivity index (χ0) is 14.3. The van der Waals surface area contributed by atoms with Crippen LogP contribution in [0.5, 0.6) is 5.75 Å². The quantitative estimate of drug-likeness (QED) is 0.831. The van der Waals surface area contributed by atoms with Gasteiger partial charge in [-0.15, -0.1) is 0 Å². The number of aliphatic hydroxyl groups excluding tert-OH is 1. The highest BCUT2D eigenvalue weighted by atomic mass is 19.4. The maximum absolute atomic E-state index is 12.4. The predicted octanol–water partition coefficient (Wildman–Crippen LogP) is 2.44. The molecule has 1 aromatic rings. The Balaban J connectivity index is 2.63. The Hall–Kier alpha value is -1.27. The lowest BCUT2D eigenvalue weighted by atomic mass is 10.2. The number of methoxy groups -OCH3 is 1. The lowest BCUT2D eigenvalue weighted by molar-refractivity contribution is -0.147. The molecule has 0 aliphatic heterocycles. The molecule has 0 saturated carbocycles. The molecule has 1 N–H and O–H groups in total. The largest absolute Gasteiger partial charge is 0.497 e. The molecule has 1 aromatic carbocycles. The van der Waals surface area contributed by atoms with Crippen molar-refractivity contribution in [3.8, 4) is 5.75 Å². The number of hydrogen-bond acceptors (Lipinski definition) is 3. The molecule has 0 saturated heterocycles. The summed E-state index contributed by atoms with van der Waals surface area (Å²) in [5, 5.41) is 8.72. The van der Waals surface area contributed by atoms with Crippen LogP contribution < -0.4 is 4.74 Å². The molecule has 0 atom stereocenters. The van der Waals surface area contributed by atoms with E-state index in [0.717, 1.165) is 5.56 Å². The summed E-state index contributed by atoms with van der Waals surface area (Å²) in [6.07, 6.45) is -3.91. The van der Waals surface area contributed by atoms with Gasteiger partial charge in [-0.25, -0.2) is 0 Å². The second-order valence-electron chi connectivity index (χ2n) is 4.25. The minimum atomic E-state index is -4.23. The molecule has 108 valence electrons. The van der Waals surface area contributed by atoms with E-state index in [1.807, 2.05) is 0 Å². The van der Waals surface area contributed by atoms with Crippen molar-refractivity contribution in [2.24, 2.45) is 0 Å². The Morgan fingerprint density at radius 2 is 1.84 bits per heavy atom. The van der Waals surface area contributed by atoms with Gasteiger partial charge in [0.05, 0.1) is 13.7 Å². The average Bonchev–Trinajstić information content (AvgIpc) is 2.35. The summed E-state index contributed by atoms with van der Waals surface area (Å²) >= 11 is 0. The second kappa shape index (κ2) is 7.35. The minimum Gasteiger partial charge on any atom is -0.497 e. The zero-order valence-corrected chi connectivity index (χ0v) is 10.8. The molecule has 0 aliphatic carbocycles. The van der Waals surface area contributed by atoms with Crippen LogP contribution in [0.3, 0.4) is 0 Å². The fraction of sp³-hybridized carbons (Fsp3) is 0.538. The van der Waals surface area contributed by atoms with Crippen LogP contribution in [0.2, 0.25) is 0 Å². The first kappa shape index (κ1) is 15.8. The van der Waals surface area contributed by atoms with Crippen molar-refractivity contribution in [2.75, 3.05) is 26.8 Å².